The van der Waals surface area contributed by atoms with E-state index in [1.807, 2.05) is 31.2 Å². The van der Waals surface area contributed by atoms with Crippen LogP contribution in [0.15, 0.2) is 53.5 Å². The maximum atomic E-state index is 12.1. The van der Waals surface area contributed by atoms with Crippen LogP contribution in [0, 0.1) is 0 Å². The number of nitrogens with zero attached hydrogens (tertiary/aromatic N) is 2. The lowest BCUT2D eigenvalue weighted by atomic mass is 10.1. The fourth-order valence-electron chi connectivity index (χ4n) is 2.75. The van der Waals surface area contributed by atoms with Crippen molar-refractivity contribution in [3.05, 3.63) is 70.2 Å². The molecular formula is C22H29ClN4O2. The van der Waals surface area contributed by atoms with Crippen molar-refractivity contribution in [1.82, 2.24) is 15.5 Å². The number of halogens is 1. The van der Waals surface area contributed by atoms with Crippen molar-refractivity contribution in [2.45, 2.75) is 19.4 Å². The fraction of sp³-hybridized carbons (Fsp3) is 0.364. The lowest BCUT2D eigenvalue weighted by molar-refractivity contribution is 0.0827. The van der Waals surface area contributed by atoms with Crippen molar-refractivity contribution >= 4 is 23.5 Å². The summed E-state index contributed by atoms with van der Waals surface area (Å²) in [6.07, 6.45) is 0.0510. The van der Waals surface area contributed by atoms with Crippen LogP contribution >= 0.6 is 11.6 Å². The molecule has 1 atom stereocenters. The second-order valence-corrected chi connectivity index (χ2v) is 7.30. The van der Waals surface area contributed by atoms with Gasteiger partial charge in [0.05, 0.1) is 12.6 Å². The molecule has 0 saturated heterocycles. The van der Waals surface area contributed by atoms with Crippen LogP contribution in [-0.4, -0.2) is 55.6 Å². The SMILES string of the molecule is CCNC(=NCC(O)c1ccc(Cl)cc1)NCCc1cccc(C(=O)N(C)C)c1. The van der Waals surface area contributed by atoms with Crippen LogP contribution in [0.1, 0.15) is 34.5 Å². The number of benzene rings is 2. The molecule has 0 fully saturated rings. The summed E-state index contributed by atoms with van der Waals surface area (Å²) in [5, 5.41) is 17.4. The highest BCUT2D eigenvalue weighted by Crippen LogP contribution is 2.16. The highest BCUT2D eigenvalue weighted by molar-refractivity contribution is 6.30. The van der Waals surface area contributed by atoms with Crippen LogP contribution in [-0.2, 0) is 6.42 Å². The van der Waals surface area contributed by atoms with Crippen LogP contribution in [0.5, 0.6) is 0 Å². The Balaban J connectivity index is 1.92. The molecule has 0 spiro atoms. The standard InChI is InChI=1S/C22H29ClN4O2/c1-4-24-22(26-15-20(28)17-8-10-19(23)11-9-17)25-13-12-16-6-5-7-18(14-16)21(29)27(2)3/h5-11,14,20,28H,4,12-13,15H2,1-3H3,(H2,24,25,26). The molecule has 0 saturated carbocycles. The Morgan fingerprint density at radius 3 is 2.55 bits per heavy atom. The second kappa shape index (κ2) is 11.4. The summed E-state index contributed by atoms with van der Waals surface area (Å²) in [5.41, 5.74) is 2.53. The Morgan fingerprint density at radius 2 is 1.90 bits per heavy atom. The number of aliphatic hydroxyl groups excluding tert-OH is 1. The Kier molecular flexibility index (Phi) is 8.96. The lowest BCUT2D eigenvalue weighted by Crippen LogP contribution is -2.38. The minimum Gasteiger partial charge on any atom is -0.386 e. The van der Waals surface area contributed by atoms with Crippen LogP contribution in [0.3, 0.4) is 0 Å². The number of amides is 1. The third kappa shape index (κ3) is 7.40. The number of hydrogen-bond acceptors (Lipinski definition) is 3. The van der Waals surface area contributed by atoms with Gasteiger partial charge in [-0.05, 0) is 48.7 Å². The molecule has 0 aromatic heterocycles. The zero-order chi connectivity index (χ0) is 21.2. The average molecular weight is 417 g/mol. The third-order valence-electron chi connectivity index (χ3n) is 4.31. The summed E-state index contributed by atoms with van der Waals surface area (Å²) in [7, 11) is 3.49. The molecule has 0 bridgehead atoms. The number of carbonyl (C=O) groups excluding carboxylic acids is 1. The Bertz CT molecular complexity index is 822. The van der Waals surface area contributed by atoms with Gasteiger partial charge in [0.15, 0.2) is 5.96 Å². The molecule has 156 valence electrons. The molecule has 0 aliphatic carbocycles. The summed E-state index contributed by atoms with van der Waals surface area (Å²) in [5.74, 6) is 0.631. The van der Waals surface area contributed by atoms with E-state index in [4.69, 9.17) is 11.6 Å². The van der Waals surface area contributed by atoms with E-state index in [-0.39, 0.29) is 12.5 Å². The number of aliphatic imine (C=N–C) groups is 1. The van der Waals surface area contributed by atoms with Crippen molar-refractivity contribution in [3.8, 4) is 0 Å². The molecule has 1 unspecified atom stereocenters. The van der Waals surface area contributed by atoms with Gasteiger partial charge in [0.1, 0.15) is 0 Å². The lowest BCUT2D eigenvalue weighted by Gasteiger charge is -2.14. The summed E-state index contributed by atoms with van der Waals surface area (Å²) in [6.45, 7) is 3.60. The van der Waals surface area contributed by atoms with Gasteiger partial charge in [0.25, 0.3) is 5.91 Å². The number of guanidine groups is 1. The first-order chi connectivity index (χ1) is 13.9. The van der Waals surface area contributed by atoms with Crippen LogP contribution in [0.25, 0.3) is 0 Å². The summed E-state index contributed by atoms with van der Waals surface area (Å²) < 4.78 is 0. The monoisotopic (exact) mass is 416 g/mol. The van der Waals surface area contributed by atoms with Gasteiger partial charge in [-0.25, -0.2) is 0 Å². The van der Waals surface area contributed by atoms with Crippen molar-refractivity contribution in [3.63, 3.8) is 0 Å². The van der Waals surface area contributed by atoms with E-state index in [0.29, 0.717) is 23.1 Å². The van der Waals surface area contributed by atoms with Crippen LogP contribution < -0.4 is 10.6 Å². The molecule has 2 aromatic carbocycles. The first kappa shape index (κ1) is 22.7. The predicted octanol–water partition coefficient (Wildman–Crippen LogP) is 2.87. The summed E-state index contributed by atoms with van der Waals surface area (Å²) in [4.78, 5) is 18.1. The second-order valence-electron chi connectivity index (χ2n) is 6.86. The molecule has 0 heterocycles. The molecule has 3 N–H and O–H groups in total. The smallest absolute Gasteiger partial charge is 0.253 e. The fourth-order valence-corrected chi connectivity index (χ4v) is 2.88. The van der Waals surface area contributed by atoms with Crippen molar-refractivity contribution in [1.29, 1.82) is 0 Å². The average Bonchev–Trinajstić information content (AvgIpc) is 2.72. The van der Waals surface area contributed by atoms with E-state index in [2.05, 4.69) is 15.6 Å². The highest BCUT2D eigenvalue weighted by atomic mass is 35.5. The van der Waals surface area contributed by atoms with Crippen LogP contribution in [0.4, 0.5) is 0 Å². The Hall–Kier alpha value is -2.57. The molecule has 2 aromatic rings. The normalized spacial score (nSPS) is 12.4. The maximum absolute atomic E-state index is 12.1. The number of hydrogen-bond donors (Lipinski definition) is 3. The van der Waals surface area contributed by atoms with E-state index >= 15 is 0 Å². The molecule has 0 aliphatic heterocycles. The molecular weight excluding hydrogens is 388 g/mol. The number of carbonyl (C=O) groups is 1. The van der Waals surface area contributed by atoms with Gasteiger partial charge >= 0.3 is 0 Å². The predicted molar refractivity (Wildman–Crippen MR) is 119 cm³/mol. The minimum absolute atomic E-state index is 0.00843. The molecule has 29 heavy (non-hydrogen) atoms. The third-order valence-corrected chi connectivity index (χ3v) is 4.56. The molecule has 7 heteroatoms. The van der Waals surface area contributed by atoms with Crippen molar-refractivity contribution in [2.24, 2.45) is 4.99 Å². The first-order valence-electron chi connectivity index (χ1n) is 9.67. The zero-order valence-electron chi connectivity index (χ0n) is 17.2. The van der Waals surface area contributed by atoms with E-state index in [0.717, 1.165) is 24.1 Å². The number of aliphatic hydroxyl groups is 1. The molecule has 0 radical (unpaired) electrons. The quantitative estimate of drug-likeness (QED) is 0.457. The molecule has 0 aliphatic rings. The largest absolute Gasteiger partial charge is 0.386 e. The zero-order valence-corrected chi connectivity index (χ0v) is 17.9. The van der Waals surface area contributed by atoms with E-state index in [1.54, 1.807) is 43.3 Å². The van der Waals surface area contributed by atoms with Crippen LogP contribution in [0.2, 0.25) is 5.02 Å². The van der Waals surface area contributed by atoms with Gasteiger partial charge in [-0.1, -0.05) is 35.9 Å². The van der Waals surface area contributed by atoms with Gasteiger partial charge in [-0.3, -0.25) is 9.79 Å². The van der Waals surface area contributed by atoms with Gasteiger partial charge in [0.2, 0.25) is 0 Å². The Morgan fingerprint density at radius 1 is 1.17 bits per heavy atom. The first-order valence-corrected chi connectivity index (χ1v) is 10.0. The maximum Gasteiger partial charge on any atom is 0.253 e. The Labute approximate surface area is 177 Å². The number of nitrogens with one attached hydrogen (secondary N) is 2. The van der Waals surface area contributed by atoms with E-state index < -0.39 is 6.10 Å². The highest BCUT2D eigenvalue weighted by Gasteiger charge is 2.09. The molecule has 2 rings (SSSR count). The van der Waals surface area contributed by atoms with Gasteiger partial charge in [-0.2, -0.15) is 0 Å². The molecule has 1 amide bonds. The topological polar surface area (TPSA) is 77.0 Å². The van der Waals surface area contributed by atoms with Gasteiger partial charge in [0, 0.05) is 37.8 Å². The summed E-state index contributed by atoms with van der Waals surface area (Å²) >= 11 is 5.89. The number of rotatable bonds is 8. The van der Waals surface area contributed by atoms with E-state index in [9.17, 15) is 9.90 Å². The van der Waals surface area contributed by atoms with E-state index in [1.165, 1.54) is 0 Å². The van der Waals surface area contributed by atoms with Crippen molar-refractivity contribution in [2.75, 3.05) is 33.7 Å². The van der Waals surface area contributed by atoms with Gasteiger partial charge in [-0.15, -0.1) is 0 Å². The molecule has 6 nitrogen and oxygen atoms in total. The summed E-state index contributed by atoms with van der Waals surface area (Å²) in [6, 6.07) is 14.7. The minimum atomic E-state index is -0.698. The van der Waals surface area contributed by atoms with Gasteiger partial charge < -0.3 is 20.6 Å². The van der Waals surface area contributed by atoms with Crippen molar-refractivity contribution < 1.29 is 9.90 Å².